The number of aromatic nitrogens is 3. The number of benzene rings is 1. The van der Waals surface area contributed by atoms with Crippen molar-refractivity contribution >= 4 is 17.7 Å². The Hall–Kier alpha value is -1.86. The molecule has 0 fully saturated rings. The summed E-state index contributed by atoms with van der Waals surface area (Å²) in [5.41, 5.74) is 0.951. The first-order valence-corrected chi connectivity index (χ1v) is 10.3. The summed E-state index contributed by atoms with van der Waals surface area (Å²) in [6, 6.07) is 10.5. The Morgan fingerprint density at radius 3 is 2.44 bits per heavy atom. The van der Waals surface area contributed by atoms with Crippen LogP contribution >= 0.6 is 11.8 Å². The molecule has 0 unspecified atom stereocenters. The molecular formula is C20H31N5OS. The highest BCUT2D eigenvalue weighted by Gasteiger charge is 2.23. The Bertz CT molecular complexity index is 737. The predicted molar refractivity (Wildman–Crippen MR) is 111 cm³/mol. The van der Waals surface area contributed by atoms with Crippen LogP contribution in [0.25, 0.3) is 0 Å². The lowest BCUT2D eigenvalue weighted by Gasteiger charge is -2.23. The molecule has 1 N–H and O–H groups in total. The van der Waals surface area contributed by atoms with Gasteiger partial charge in [0.2, 0.25) is 5.91 Å². The zero-order valence-corrected chi connectivity index (χ0v) is 18.0. The summed E-state index contributed by atoms with van der Waals surface area (Å²) in [4.78, 5) is 14.4. The zero-order chi connectivity index (χ0) is 20.0. The van der Waals surface area contributed by atoms with Gasteiger partial charge in [-0.25, -0.2) is 0 Å². The number of hydrogen-bond donors (Lipinski definition) is 1. The number of thioether (sulfide) groups is 1. The molecule has 27 heavy (non-hydrogen) atoms. The van der Waals surface area contributed by atoms with Crippen LogP contribution in [0.15, 0.2) is 35.5 Å². The first-order valence-electron chi connectivity index (χ1n) is 9.28. The molecule has 0 spiro atoms. The SMILES string of the molecule is CC[C@@H](c1nnc(SCC(=O)NC(C)(C)C)n1Cc1ccccc1)N(C)C. The van der Waals surface area contributed by atoms with Crippen molar-refractivity contribution in [1.82, 2.24) is 25.0 Å². The van der Waals surface area contributed by atoms with Crippen LogP contribution in [0, 0.1) is 0 Å². The van der Waals surface area contributed by atoms with Gasteiger partial charge in [0.25, 0.3) is 0 Å². The Labute approximate surface area is 166 Å². The maximum Gasteiger partial charge on any atom is 0.230 e. The van der Waals surface area contributed by atoms with Crippen LogP contribution in [0.1, 0.15) is 51.5 Å². The molecule has 6 nitrogen and oxygen atoms in total. The quantitative estimate of drug-likeness (QED) is 0.702. The van der Waals surface area contributed by atoms with E-state index in [0.717, 1.165) is 17.4 Å². The third-order valence-electron chi connectivity index (χ3n) is 4.08. The lowest BCUT2D eigenvalue weighted by atomic mass is 10.1. The minimum Gasteiger partial charge on any atom is -0.351 e. The molecule has 0 aliphatic heterocycles. The second-order valence-corrected chi connectivity index (χ2v) is 8.83. The van der Waals surface area contributed by atoms with Crippen LogP contribution < -0.4 is 5.32 Å². The molecule has 0 bridgehead atoms. The molecule has 1 amide bonds. The Kier molecular flexibility index (Phi) is 7.44. The van der Waals surface area contributed by atoms with E-state index in [1.807, 2.05) is 39.0 Å². The number of hydrogen-bond acceptors (Lipinski definition) is 5. The maximum absolute atomic E-state index is 12.2. The summed E-state index contributed by atoms with van der Waals surface area (Å²) in [5, 5.41) is 12.6. The van der Waals surface area contributed by atoms with E-state index in [1.165, 1.54) is 17.3 Å². The highest BCUT2D eigenvalue weighted by atomic mass is 32.2. The van der Waals surface area contributed by atoms with Gasteiger partial charge in [-0.2, -0.15) is 0 Å². The molecule has 0 saturated carbocycles. The van der Waals surface area contributed by atoms with Gasteiger partial charge in [0.05, 0.1) is 18.3 Å². The zero-order valence-electron chi connectivity index (χ0n) is 17.2. The number of rotatable bonds is 8. The molecular weight excluding hydrogens is 358 g/mol. The lowest BCUT2D eigenvalue weighted by molar-refractivity contribution is -0.119. The lowest BCUT2D eigenvalue weighted by Crippen LogP contribution is -2.41. The van der Waals surface area contributed by atoms with Crippen molar-refractivity contribution < 1.29 is 4.79 Å². The van der Waals surface area contributed by atoms with E-state index < -0.39 is 0 Å². The topological polar surface area (TPSA) is 63.1 Å². The second-order valence-electron chi connectivity index (χ2n) is 7.89. The first-order chi connectivity index (χ1) is 12.7. The molecule has 2 aromatic rings. The number of nitrogens with zero attached hydrogens (tertiary/aromatic N) is 4. The number of carbonyl (C=O) groups is 1. The van der Waals surface area contributed by atoms with Gasteiger partial charge in [-0.15, -0.1) is 10.2 Å². The summed E-state index contributed by atoms with van der Waals surface area (Å²) < 4.78 is 2.14. The summed E-state index contributed by atoms with van der Waals surface area (Å²) in [6.07, 6.45) is 0.940. The number of carbonyl (C=O) groups excluding carboxylic acids is 1. The summed E-state index contributed by atoms with van der Waals surface area (Å²) in [5.74, 6) is 1.26. The van der Waals surface area contributed by atoms with Crippen molar-refractivity contribution in [2.75, 3.05) is 19.8 Å². The molecule has 1 aromatic heterocycles. The van der Waals surface area contributed by atoms with Crippen LogP contribution in [0.5, 0.6) is 0 Å². The van der Waals surface area contributed by atoms with Crippen molar-refractivity contribution in [3.63, 3.8) is 0 Å². The molecule has 1 aromatic carbocycles. The molecule has 0 saturated heterocycles. The van der Waals surface area contributed by atoms with E-state index in [2.05, 4.69) is 58.1 Å². The maximum atomic E-state index is 12.2. The van der Waals surface area contributed by atoms with Crippen LogP contribution in [0.4, 0.5) is 0 Å². The molecule has 1 atom stereocenters. The Morgan fingerprint density at radius 2 is 1.89 bits per heavy atom. The van der Waals surface area contributed by atoms with Crippen LogP contribution in [-0.2, 0) is 11.3 Å². The fourth-order valence-corrected chi connectivity index (χ4v) is 3.68. The fourth-order valence-electron chi connectivity index (χ4n) is 2.93. The normalized spacial score (nSPS) is 13.0. The van der Waals surface area contributed by atoms with Gasteiger partial charge in [0.15, 0.2) is 11.0 Å². The number of amides is 1. The monoisotopic (exact) mass is 389 g/mol. The minimum absolute atomic E-state index is 0.00274. The molecule has 1 heterocycles. The molecule has 0 radical (unpaired) electrons. The molecule has 148 valence electrons. The summed E-state index contributed by atoms with van der Waals surface area (Å²) in [7, 11) is 4.11. The van der Waals surface area contributed by atoms with Gasteiger partial charge in [0.1, 0.15) is 0 Å². The van der Waals surface area contributed by atoms with Gasteiger partial charge in [0, 0.05) is 5.54 Å². The minimum atomic E-state index is -0.237. The van der Waals surface area contributed by atoms with Crippen molar-refractivity contribution in [3.8, 4) is 0 Å². The van der Waals surface area contributed by atoms with Gasteiger partial charge in [-0.3, -0.25) is 9.69 Å². The van der Waals surface area contributed by atoms with E-state index in [4.69, 9.17) is 0 Å². The van der Waals surface area contributed by atoms with Gasteiger partial charge >= 0.3 is 0 Å². The van der Waals surface area contributed by atoms with Crippen molar-refractivity contribution in [3.05, 3.63) is 41.7 Å². The summed E-state index contributed by atoms with van der Waals surface area (Å²) in [6.45, 7) is 8.78. The Balaban J connectivity index is 2.25. The Morgan fingerprint density at radius 1 is 1.22 bits per heavy atom. The van der Waals surface area contributed by atoms with E-state index in [0.29, 0.717) is 12.3 Å². The number of nitrogens with one attached hydrogen (secondary N) is 1. The fraction of sp³-hybridized carbons (Fsp3) is 0.550. The largest absolute Gasteiger partial charge is 0.351 e. The third-order valence-corrected chi connectivity index (χ3v) is 5.05. The summed E-state index contributed by atoms with van der Waals surface area (Å²) >= 11 is 1.43. The van der Waals surface area contributed by atoms with Crippen molar-refractivity contribution in [1.29, 1.82) is 0 Å². The van der Waals surface area contributed by atoms with E-state index >= 15 is 0 Å². The smallest absolute Gasteiger partial charge is 0.230 e. The second kappa shape index (κ2) is 9.37. The highest BCUT2D eigenvalue weighted by molar-refractivity contribution is 7.99. The third kappa shape index (κ3) is 6.36. The van der Waals surface area contributed by atoms with Crippen LogP contribution in [0.3, 0.4) is 0 Å². The van der Waals surface area contributed by atoms with E-state index in [9.17, 15) is 4.79 Å². The van der Waals surface area contributed by atoms with Gasteiger partial charge in [-0.05, 0) is 46.9 Å². The molecule has 0 aliphatic rings. The van der Waals surface area contributed by atoms with Crippen molar-refractivity contribution in [2.45, 2.75) is 57.4 Å². The molecule has 0 aliphatic carbocycles. The molecule has 2 rings (SSSR count). The predicted octanol–water partition coefficient (Wildman–Crippen LogP) is 3.35. The van der Waals surface area contributed by atoms with Crippen LogP contribution in [-0.4, -0.2) is 51.0 Å². The van der Waals surface area contributed by atoms with Crippen molar-refractivity contribution in [2.24, 2.45) is 0 Å². The van der Waals surface area contributed by atoms with E-state index in [1.54, 1.807) is 0 Å². The molecule has 7 heteroatoms. The standard InChI is InChI=1S/C20H31N5OS/c1-7-16(24(5)6)18-22-23-19(27-14-17(26)21-20(2,3)4)25(18)13-15-11-9-8-10-12-15/h8-12,16H,7,13-14H2,1-6H3,(H,21,26)/t16-/m0/s1. The van der Waals surface area contributed by atoms with Crippen LogP contribution in [0.2, 0.25) is 0 Å². The average molecular weight is 390 g/mol. The first kappa shape index (κ1) is 21.4. The highest BCUT2D eigenvalue weighted by Crippen LogP contribution is 2.26. The van der Waals surface area contributed by atoms with E-state index in [-0.39, 0.29) is 17.5 Å². The van der Waals surface area contributed by atoms with Gasteiger partial charge in [-0.1, -0.05) is 49.0 Å². The van der Waals surface area contributed by atoms with Gasteiger partial charge < -0.3 is 9.88 Å². The average Bonchev–Trinajstić information content (AvgIpc) is 2.95.